The number of benzene rings is 1. The minimum atomic E-state index is -4.32. The number of aliphatic imine (C=N–C) groups is 1. The summed E-state index contributed by atoms with van der Waals surface area (Å²) in [5, 5.41) is 0. The van der Waals surface area contributed by atoms with Crippen LogP contribution in [-0.4, -0.2) is 25.2 Å². The highest BCUT2D eigenvalue weighted by Gasteiger charge is 2.35. The molecular formula is C12H8F3NO2. The third-order valence-electron chi connectivity index (χ3n) is 2.76. The maximum Gasteiger partial charge on any atom is 0.414 e. The quantitative estimate of drug-likeness (QED) is 0.772. The summed E-state index contributed by atoms with van der Waals surface area (Å²) in [5.74, 6) is 1.13. The molecule has 0 atom stereocenters. The SMILES string of the molecule is FC(F)(F)C1=CC(c2ccc3c(c2)OCO3)=NC1. The first kappa shape index (κ1) is 11.1. The van der Waals surface area contributed by atoms with Crippen molar-refractivity contribution in [3.05, 3.63) is 35.4 Å². The van der Waals surface area contributed by atoms with E-state index in [1.807, 2.05) is 0 Å². The molecule has 0 unspecified atom stereocenters. The Morgan fingerprint density at radius 2 is 1.89 bits per heavy atom. The summed E-state index contributed by atoms with van der Waals surface area (Å²) in [7, 11) is 0. The van der Waals surface area contributed by atoms with Crippen LogP contribution in [0, 0.1) is 0 Å². The van der Waals surface area contributed by atoms with E-state index in [-0.39, 0.29) is 13.3 Å². The fourth-order valence-electron chi connectivity index (χ4n) is 1.83. The monoisotopic (exact) mass is 255 g/mol. The standard InChI is InChI=1S/C12H8F3NO2/c13-12(14,15)8-4-9(16-5-8)7-1-2-10-11(3-7)18-6-17-10/h1-4H,5-6H2. The number of nitrogens with zero attached hydrogens (tertiary/aromatic N) is 1. The Bertz CT molecular complexity index is 561. The number of rotatable bonds is 1. The van der Waals surface area contributed by atoms with Crippen molar-refractivity contribution in [1.82, 2.24) is 0 Å². The zero-order chi connectivity index (χ0) is 12.8. The summed E-state index contributed by atoms with van der Waals surface area (Å²) in [6.45, 7) is -0.192. The zero-order valence-electron chi connectivity index (χ0n) is 9.12. The van der Waals surface area contributed by atoms with Crippen molar-refractivity contribution < 1.29 is 22.6 Å². The van der Waals surface area contributed by atoms with Crippen molar-refractivity contribution in [2.24, 2.45) is 4.99 Å². The highest BCUT2D eigenvalue weighted by atomic mass is 19.4. The molecule has 0 bridgehead atoms. The smallest absolute Gasteiger partial charge is 0.414 e. The van der Waals surface area contributed by atoms with E-state index in [0.717, 1.165) is 6.08 Å². The van der Waals surface area contributed by atoms with Crippen LogP contribution in [0.4, 0.5) is 13.2 Å². The Hall–Kier alpha value is -1.98. The van der Waals surface area contributed by atoms with Gasteiger partial charge in [0.25, 0.3) is 0 Å². The van der Waals surface area contributed by atoms with Gasteiger partial charge in [-0.05, 0) is 24.3 Å². The van der Waals surface area contributed by atoms with E-state index in [1.54, 1.807) is 18.2 Å². The van der Waals surface area contributed by atoms with Crippen molar-refractivity contribution in [2.75, 3.05) is 13.3 Å². The average Bonchev–Trinajstić information content (AvgIpc) is 2.96. The summed E-state index contributed by atoms with van der Waals surface area (Å²) in [6.07, 6.45) is -3.25. The Morgan fingerprint density at radius 3 is 2.61 bits per heavy atom. The van der Waals surface area contributed by atoms with Gasteiger partial charge < -0.3 is 9.47 Å². The topological polar surface area (TPSA) is 30.8 Å². The van der Waals surface area contributed by atoms with Crippen molar-refractivity contribution in [1.29, 1.82) is 0 Å². The third-order valence-corrected chi connectivity index (χ3v) is 2.76. The van der Waals surface area contributed by atoms with E-state index in [2.05, 4.69) is 4.99 Å². The Morgan fingerprint density at radius 1 is 1.11 bits per heavy atom. The Labute approximate surface area is 101 Å². The molecule has 0 N–H and O–H groups in total. The molecule has 0 radical (unpaired) electrons. The van der Waals surface area contributed by atoms with Crippen LogP contribution < -0.4 is 9.47 Å². The van der Waals surface area contributed by atoms with Gasteiger partial charge in [-0.3, -0.25) is 4.99 Å². The van der Waals surface area contributed by atoms with Gasteiger partial charge in [-0.2, -0.15) is 13.2 Å². The molecule has 2 heterocycles. The van der Waals surface area contributed by atoms with E-state index >= 15 is 0 Å². The van der Waals surface area contributed by atoms with Gasteiger partial charge in [0.2, 0.25) is 6.79 Å². The van der Waals surface area contributed by atoms with Gasteiger partial charge in [-0.15, -0.1) is 0 Å². The zero-order valence-corrected chi connectivity index (χ0v) is 9.12. The Balaban J connectivity index is 1.91. The molecule has 0 aromatic heterocycles. The molecule has 94 valence electrons. The van der Waals surface area contributed by atoms with E-state index < -0.39 is 11.7 Å². The first-order chi connectivity index (χ1) is 8.54. The van der Waals surface area contributed by atoms with Crippen molar-refractivity contribution in [3.8, 4) is 11.5 Å². The number of hydrogen-bond donors (Lipinski definition) is 0. The van der Waals surface area contributed by atoms with Crippen molar-refractivity contribution in [3.63, 3.8) is 0 Å². The van der Waals surface area contributed by atoms with E-state index in [9.17, 15) is 13.2 Å². The minimum absolute atomic E-state index is 0.134. The van der Waals surface area contributed by atoms with Crippen LogP contribution in [0.3, 0.4) is 0 Å². The lowest BCUT2D eigenvalue weighted by atomic mass is 10.1. The molecule has 2 aliphatic heterocycles. The molecule has 1 aromatic rings. The molecule has 0 amide bonds. The molecule has 0 saturated heterocycles. The molecule has 6 heteroatoms. The molecule has 0 aliphatic carbocycles. The van der Waals surface area contributed by atoms with Crippen LogP contribution in [-0.2, 0) is 0 Å². The van der Waals surface area contributed by atoms with Crippen LogP contribution in [0.1, 0.15) is 5.56 Å². The number of ether oxygens (including phenoxy) is 2. The summed E-state index contributed by atoms with van der Waals surface area (Å²) in [5.41, 5.74) is 0.286. The second-order valence-electron chi connectivity index (χ2n) is 3.94. The molecule has 0 fully saturated rings. The highest BCUT2D eigenvalue weighted by Crippen LogP contribution is 2.34. The molecule has 3 rings (SSSR count). The fourth-order valence-corrected chi connectivity index (χ4v) is 1.83. The lowest BCUT2D eigenvalue weighted by molar-refractivity contribution is -0.0916. The second-order valence-corrected chi connectivity index (χ2v) is 3.94. The van der Waals surface area contributed by atoms with Crippen LogP contribution in [0.2, 0.25) is 0 Å². The van der Waals surface area contributed by atoms with E-state index in [1.165, 1.54) is 0 Å². The molecule has 2 aliphatic rings. The van der Waals surface area contributed by atoms with E-state index in [0.29, 0.717) is 22.8 Å². The van der Waals surface area contributed by atoms with Crippen LogP contribution in [0.15, 0.2) is 34.8 Å². The van der Waals surface area contributed by atoms with E-state index in [4.69, 9.17) is 9.47 Å². The van der Waals surface area contributed by atoms with Gasteiger partial charge in [-0.25, -0.2) is 0 Å². The van der Waals surface area contributed by atoms with Crippen molar-refractivity contribution in [2.45, 2.75) is 6.18 Å². The van der Waals surface area contributed by atoms with Gasteiger partial charge in [0.05, 0.1) is 17.8 Å². The maximum atomic E-state index is 12.5. The van der Waals surface area contributed by atoms with Crippen molar-refractivity contribution >= 4 is 5.71 Å². The number of fused-ring (bicyclic) bond motifs is 1. The minimum Gasteiger partial charge on any atom is -0.454 e. The number of alkyl halides is 3. The third kappa shape index (κ3) is 1.83. The summed E-state index contributed by atoms with van der Waals surface area (Å²) in [6, 6.07) is 4.97. The predicted octanol–water partition coefficient (Wildman–Crippen LogP) is 2.71. The van der Waals surface area contributed by atoms with Gasteiger partial charge in [0.15, 0.2) is 11.5 Å². The predicted molar refractivity (Wildman–Crippen MR) is 58.1 cm³/mol. The normalized spacial score (nSPS) is 17.7. The average molecular weight is 255 g/mol. The molecule has 0 spiro atoms. The molecule has 1 aromatic carbocycles. The summed E-state index contributed by atoms with van der Waals surface area (Å²) in [4.78, 5) is 3.89. The van der Waals surface area contributed by atoms with Gasteiger partial charge in [0, 0.05) is 5.56 Å². The van der Waals surface area contributed by atoms with Gasteiger partial charge in [-0.1, -0.05) is 0 Å². The summed E-state index contributed by atoms with van der Waals surface area (Å²) < 4.78 is 47.8. The highest BCUT2D eigenvalue weighted by molar-refractivity contribution is 6.10. The summed E-state index contributed by atoms with van der Waals surface area (Å²) >= 11 is 0. The first-order valence-electron chi connectivity index (χ1n) is 5.26. The number of allylic oxidation sites excluding steroid dienone is 1. The van der Waals surface area contributed by atoms with Crippen LogP contribution >= 0.6 is 0 Å². The number of hydrogen-bond acceptors (Lipinski definition) is 3. The lowest BCUT2D eigenvalue weighted by Crippen LogP contribution is -2.12. The van der Waals surface area contributed by atoms with Crippen LogP contribution in [0.5, 0.6) is 11.5 Å². The van der Waals surface area contributed by atoms with Crippen LogP contribution in [0.25, 0.3) is 0 Å². The second kappa shape index (κ2) is 3.76. The van der Waals surface area contributed by atoms with Gasteiger partial charge >= 0.3 is 6.18 Å². The first-order valence-corrected chi connectivity index (χ1v) is 5.26. The maximum absolute atomic E-state index is 12.5. The van der Waals surface area contributed by atoms with Gasteiger partial charge in [0.1, 0.15) is 0 Å². The lowest BCUT2D eigenvalue weighted by Gasteiger charge is -2.04. The molecule has 0 saturated carbocycles. The molecular weight excluding hydrogens is 247 g/mol. The largest absolute Gasteiger partial charge is 0.454 e. The fraction of sp³-hybridized carbons (Fsp3) is 0.250. The Kier molecular flexibility index (Phi) is 2.33. The molecule has 3 nitrogen and oxygen atoms in total. The molecule has 18 heavy (non-hydrogen) atoms. The number of halogens is 3.